The maximum Gasteiger partial charge on any atom is 0.253 e. The van der Waals surface area contributed by atoms with Gasteiger partial charge in [0, 0.05) is 47.9 Å². The van der Waals surface area contributed by atoms with Crippen LogP contribution in [0.2, 0.25) is 0 Å². The molecule has 0 aromatic heterocycles. The van der Waals surface area contributed by atoms with Crippen molar-refractivity contribution in [2.75, 3.05) is 31.9 Å². The number of benzene rings is 1. The van der Waals surface area contributed by atoms with Gasteiger partial charge in [-0.15, -0.1) is 0 Å². The summed E-state index contributed by atoms with van der Waals surface area (Å²) in [5.41, 5.74) is 7.15. The molecule has 1 aliphatic heterocycles. The number of nitrogens with two attached hydrogens (primary N) is 1. The molecule has 0 spiro atoms. The lowest BCUT2D eigenvalue weighted by Gasteiger charge is -2.38. The van der Waals surface area contributed by atoms with E-state index in [4.69, 9.17) is 5.73 Å². The Morgan fingerprint density at radius 2 is 1.81 bits per heavy atom. The molecule has 2 aliphatic rings. The fourth-order valence-electron chi connectivity index (χ4n) is 3.40. The number of hydrogen-bond donors (Lipinski definition) is 1. The Morgan fingerprint density at radius 3 is 2.43 bits per heavy atom. The van der Waals surface area contributed by atoms with Gasteiger partial charge in [0.2, 0.25) is 0 Å². The van der Waals surface area contributed by atoms with E-state index in [2.05, 4.69) is 20.8 Å². The van der Waals surface area contributed by atoms with Crippen LogP contribution in [0.3, 0.4) is 0 Å². The molecule has 5 heteroatoms. The first-order chi connectivity index (χ1) is 10.1. The molecule has 4 nitrogen and oxygen atoms in total. The van der Waals surface area contributed by atoms with Crippen LogP contribution in [0.5, 0.6) is 0 Å². The van der Waals surface area contributed by atoms with Crippen LogP contribution in [0.1, 0.15) is 36.0 Å². The number of carbonyl (C=O) groups is 1. The highest BCUT2D eigenvalue weighted by atomic mass is 79.9. The first-order valence-corrected chi connectivity index (χ1v) is 8.53. The molecule has 1 amide bonds. The lowest BCUT2D eigenvalue weighted by atomic mass is 10.1. The maximum atomic E-state index is 12.5. The summed E-state index contributed by atoms with van der Waals surface area (Å²) in [6, 6.07) is 6.17. The van der Waals surface area contributed by atoms with Gasteiger partial charge in [0.05, 0.1) is 0 Å². The zero-order chi connectivity index (χ0) is 14.8. The van der Waals surface area contributed by atoms with Crippen molar-refractivity contribution in [2.45, 2.75) is 31.7 Å². The molecule has 3 rings (SSSR count). The SMILES string of the molecule is Nc1ccc(C(=O)N2CCN(C3CCCC3)CC2)cc1Br. The van der Waals surface area contributed by atoms with Crippen molar-refractivity contribution in [1.82, 2.24) is 9.80 Å². The number of amides is 1. The summed E-state index contributed by atoms with van der Waals surface area (Å²) in [6.45, 7) is 3.67. The molecule has 2 fully saturated rings. The summed E-state index contributed by atoms with van der Waals surface area (Å²) in [5.74, 6) is 0.113. The van der Waals surface area contributed by atoms with E-state index in [1.54, 1.807) is 6.07 Å². The van der Waals surface area contributed by atoms with Crippen LogP contribution in [0, 0.1) is 0 Å². The first-order valence-electron chi connectivity index (χ1n) is 7.73. The molecular formula is C16H22BrN3O. The first kappa shape index (κ1) is 14.9. The quantitative estimate of drug-likeness (QED) is 0.833. The number of carbonyl (C=O) groups excluding carboxylic acids is 1. The Hall–Kier alpha value is -1.07. The number of piperazine rings is 1. The standard InChI is InChI=1S/C16H22BrN3O/c17-14-11-12(5-6-15(14)18)16(21)20-9-7-19(8-10-20)13-3-1-2-4-13/h5-6,11,13H,1-4,7-10,18H2. The van der Waals surface area contributed by atoms with Crippen molar-refractivity contribution in [3.8, 4) is 0 Å². The Labute approximate surface area is 134 Å². The third kappa shape index (κ3) is 3.24. The van der Waals surface area contributed by atoms with Crippen LogP contribution in [-0.4, -0.2) is 47.9 Å². The molecule has 1 aliphatic carbocycles. The van der Waals surface area contributed by atoms with Crippen molar-refractivity contribution in [3.63, 3.8) is 0 Å². The Balaban J connectivity index is 1.60. The van der Waals surface area contributed by atoms with Crippen LogP contribution >= 0.6 is 15.9 Å². The van der Waals surface area contributed by atoms with E-state index in [9.17, 15) is 4.79 Å². The van der Waals surface area contributed by atoms with Crippen LogP contribution in [0.25, 0.3) is 0 Å². The van der Waals surface area contributed by atoms with Gasteiger partial charge in [0.1, 0.15) is 0 Å². The molecule has 1 saturated heterocycles. The molecule has 1 heterocycles. The van der Waals surface area contributed by atoms with Crippen molar-refractivity contribution in [3.05, 3.63) is 28.2 Å². The number of anilines is 1. The average Bonchev–Trinajstić information content (AvgIpc) is 3.04. The molecule has 0 bridgehead atoms. The van der Waals surface area contributed by atoms with Gasteiger partial charge in [-0.2, -0.15) is 0 Å². The summed E-state index contributed by atoms with van der Waals surface area (Å²) in [6.07, 6.45) is 5.39. The van der Waals surface area contributed by atoms with Crippen molar-refractivity contribution in [1.29, 1.82) is 0 Å². The largest absolute Gasteiger partial charge is 0.398 e. The molecule has 0 unspecified atom stereocenters. The lowest BCUT2D eigenvalue weighted by molar-refractivity contribution is 0.0573. The van der Waals surface area contributed by atoms with E-state index in [0.717, 1.165) is 36.7 Å². The average molecular weight is 352 g/mol. The second-order valence-electron chi connectivity index (χ2n) is 6.00. The summed E-state index contributed by atoms with van der Waals surface area (Å²) in [4.78, 5) is 17.1. The van der Waals surface area contributed by atoms with Crippen LogP contribution in [-0.2, 0) is 0 Å². The number of hydrogen-bond acceptors (Lipinski definition) is 3. The Morgan fingerprint density at radius 1 is 1.14 bits per heavy atom. The van der Waals surface area contributed by atoms with Gasteiger partial charge < -0.3 is 10.6 Å². The smallest absolute Gasteiger partial charge is 0.253 e. The Kier molecular flexibility index (Phi) is 4.50. The zero-order valence-corrected chi connectivity index (χ0v) is 13.8. The van der Waals surface area contributed by atoms with E-state index < -0.39 is 0 Å². The normalized spacial score (nSPS) is 20.9. The molecule has 2 N–H and O–H groups in total. The molecule has 1 aromatic carbocycles. The van der Waals surface area contributed by atoms with Gasteiger partial charge in [0.15, 0.2) is 0 Å². The van der Waals surface area contributed by atoms with E-state index in [-0.39, 0.29) is 5.91 Å². The van der Waals surface area contributed by atoms with E-state index in [1.165, 1.54) is 25.7 Å². The van der Waals surface area contributed by atoms with Gasteiger partial charge in [-0.25, -0.2) is 0 Å². The van der Waals surface area contributed by atoms with E-state index in [1.807, 2.05) is 17.0 Å². The molecule has 21 heavy (non-hydrogen) atoms. The maximum absolute atomic E-state index is 12.5. The zero-order valence-electron chi connectivity index (χ0n) is 12.2. The fraction of sp³-hybridized carbons (Fsp3) is 0.562. The molecule has 1 saturated carbocycles. The van der Waals surface area contributed by atoms with Crippen molar-refractivity contribution < 1.29 is 4.79 Å². The second kappa shape index (κ2) is 6.36. The number of halogens is 1. The lowest BCUT2D eigenvalue weighted by Crippen LogP contribution is -2.51. The van der Waals surface area contributed by atoms with Gasteiger partial charge in [0.25, 0.3) is 5.91 Å². The number of nitrogens with zero attached hydrogens (tertiary/aromatic N) is 2. The third-order valence-corrected chi connectivity index (χ3v) is 5.38. The van der Waals surface area contributed by atoms with Gasteiger partial charge in [-0.1, -0.05) is 12.8 Å². The van der Waals surface area contributed by atoms with E-state index in [0.29, 0.717) is 11.3 Å². The minimum absolute atomic E-state index is 0.113. The minimum atomic E-state index is 0.113. The van der Waals surface area contributed by atoms with E-state index >= 15 is 0 Å². The summed E-state index contributed by atoms with van der Waals surface area (Å²) in [7, 11) is 0. The third-order valence-electron chi connectivity index (χ3n) is 4.69. The topological polar surface area (TPSA) is 49.6 Å². The summed E-state index contributed by atoms with van der Waals surface area (Å²) < 4.78 is 0.790. The molecule has 1 aromatic rings. The molecule has 114 valence electrons. The molecule has 0 radical (unpaired) electrons. The minimum Gasteiger partial charge on any atom is -0.398 e. The summed E-state index contributed by atoms with van der Waals surface area (Å²) >= 11 is 3.39. The van der Waals surface area contributed by atoms with Crippen LogP contribution in [0.15, 0.2) is 22.7 Å². The monoisotopic (exact) mass is 351 g/mol. The van der Waals surface area contributed by atoms with Crippen LogP contribution < -0.4 is 5.73 Å². The highest BCUT2D eigenvalue weighted by Gasteiger charge is 2.28. The predicted molar refractivity (Wildman–Crippen MR) is 88.3 cm³/mol. The Bertz CT molecular complexity index is 520. The second-order valence-corrected chi connectivity index (χ2v) is 6.86. The highest BCUT2D eigenvalue weighted by molar-refractivity contribution is 9.10. The predicted octanol–water partition coefficient (Wildman–Crippen LogP) is 2.73. The number of nitrogen functional groups attached to an aromatic ring is 1. The van der Waals surface area contributed by atoms with Crippen LogP contribution in [0.4, 0.5) is 5.69 Å². The van der Waals surface area contributed by atoms with Gasteiger partial charge in [-0.3, -0.25) is 9.69 Å². The van der Waals surface area contributed by atoms with Crippen molar-refractivity contribution in [2.24, 2.45) is 0 Å². The highest BCUT2D eigenvalue weighted by Crippen LogP contribution is 2.25. The summed E-state index contributed by atoms with van der Waals surface area (Å²) in [5, 5.41) is 0. The molecular weight excluding hydrogens is 330 g/mol. The van der Waals surface area contributed by atoms with Crippen molar-refractivity contribution >= 4 is 27.5 Å². The number of rotatable bonds is 2. The van der Waals surface area contributed by atoms with Gasteiger partial charge >= 0.3 is 0 Å². The molecule has 0 atom stereocenters. The van der Waals surface area contributed by atoms with Gasteiger partial charge in [-0.05, 0) is 47.0 Å². The fourth-order valence-corrected chi connectivity index (χ4v) is 3.78.